The van der Waals surface area contributed by atoms with Crippen LogP contribution >= 0.6 is 11.8 Å². The van der Waals surface area contributed by atoms with Crippen LogP contribution in [0.25, 0.3) is 0 Å². The van der Waals surface area contributed by atoms with E-state index in [-0.39, 0.29) is 22.3 Å². The van der Waals surface area contributed by atoms with E-state index in [1.165, 1.54) is 26.2 Å². The molecule has 2 rings (SSSR count). The van der Waals surface area contributed by atoms with Crippen LogP contribution in [-0.2, 0) is 18.0 Å². The summed E-state index contributed by atoms with van der Waals surface area (Å²) in [7, 11) is 2.43. The van der Waals surface area contributed by atoms with Crippen LogP contribution in [0.5, 0.6) is 5.75 Å². The van der Waals surface area contributed by atoms with Gasteiger partial charge in [0.25, 0.3) is 5.69 Å². The maximum Gasteiger partial charge on any atom is 0.451 e. The van der Waals surface area contributed by atoms with Gasteiger partial charge in [-0.15, -0.1) is 10.2 Å². The van der Waals surface area contributed by atoms with Crippen LogP contribution in [0.4, 0.5) is 24.5 Å². The first kappa shape index (κ1) is 20.5. The van der Waals surface area contributed by atoms with Crippen LogP contribution in [0.1, 0.15) is 12.7 Å². The lowest BCUT2D eigenvalue weighted by Gasteiger charge is -2.14. The minimum Gasteiger partial charge on any atom is -0.494 e. The number of nitro groups is 1. The van der Waals surface area contributed by atoms with Crippen molar-refractivity contribution in [2.75, 3.05) is 12.4 Å². The molecule has 1 amide bonds. The minimum atomic E-state index is -4.65. The largest absolute Gasteiger partial charge is 0.494 e. The number of nitro benzene ring substituents is 1. The molecule has 9 nitrogen and oxygen atoms in total. The molecule has 1 aromatic heterocycles. The third kappa shape index (κ3) is 4.67. The van der Waals surface area contributed by atoms with Crippen LogP contribution in [0.2, 0.25) is 0 Å². The van der Waals surface area contributed by atoms with Crippen molar-refractivity contribution in [1.82, 2.24) is 14.8 Å². The van der Waals surface area contributed by atoms with Gasteiger partial charge in [-0.3, -0.25) is 14.9 Å². The van der Waals surface area contributed by atoms with Gasteiger partial charge < -0.3 is 14.6 Å². The van der Waals surface area contributed by atoms with Gasteiger partial charge in [-0.05, 0) is 13.0 Å². The quantitative estimate of drug-likeness (QED) is 0.447. The molecule has 0 saturated carbocycles. The third-order valence-electron chi connectivity index (χ3n) is 3.39. The Balaban J connectivity index is 2.13. The fourth-order valence-corrected chi connectivity index (χ4v) is 2.82. The molecule has 1 aromatic carbocycles. The van der Waals surface area contributed by atoms with Gasteiger partial charge in [0.1, 0.15) is 5.75 Å². The number of nitrogens with zero attached hydrogens (tertiary/aromatic N) is 4. The van der Waals surface area contributed by atoms with Gasteiger partial charge in [0.2, 0.25) is 11.7 Å². The molecule has 13 heteroatoms. The molecule has 1 N–H and O–H groups in total. The Bertz CT molecular complexity index is 871. The van der Waals surface area contributed by atoms with Crippen LogP contribution in [0.3, 0.4) is 0 Å². The Hall–Kier alpha value is -2.83. The van der Waals surface area contributed by atoms with Crippen molar-refractivity contribution in [2.24, 2.45) is 7.05 Å². The van der Waals surface area contributed by atoms with Crippen molar-refractivity contribution in [3.8, 4) is 5.75 Å². The molecule has 0 fully saturated rings. The summed E-state index contributed by atoms with van der Waals surface area (Å²) in [5.74, 6) is -1.65. The highest BCUT2D eigenvalue weighted by Crippen LogP contribution is 2.32. The first-order chi connectivity index (χ1) is 12.5. The van der Waals surface area contributed by atoms with Gasteiger partial charge in [0.15, 0.2) is 5.16 Å². The van der Waals surface area contributed by atoms with E-state index in [1.807, 2.05) is 0 Å². The standard InChI is InChI=1S/C14H14F3N5O4S/c1-7(27-13-20-19-12(21(13)2)14(15,16)17)11(23)18-9-5-4-8(22(24)25)6-10(9)26-3/h4-7H,1-3H3,(H,18,23)/t7-/m1/s1. The smallest absolute Gasteiger partial charge is 0.451 e. The molecule has 1 heterocycles. The lowest BCUT2D eigenvalue weighted by Crippen LogP contribution is -2.23. The molecule has 2 aromatic rings. The van der Waals surface area contributed by atoms with Crippen LogP contribution < -0.4 is 10.1 Å². The number of thioether (sulfide) groups is 1. The van der Waals surface area contributed by atoms with E-state index in [0.29, 0.717) is 0 Å². The molecule has 0 radical (unpaired) electrons. The Kier molecular flexibility index (Phi) is 5.93. The normalized spacial score (nSPS) is 12.5. The summed E-state index contributed by atoms with van der Waals surface area (Å²) < 4.78 is 44.0. The van der Waals surface area contributed by atoms with Gasteiger partial charge >= 0.3 is 6.18 Å². The van der Waals surface area contributed by atoms with Crippen molar-refractivity contribution in [1.29, 1.82) is 0 Å². The summed E-state index contributed by atoms with van der Waals surface area (Å²) in [6, 6.07) is 3.64. The monoisotopic (exact) mass is 405 g/mol. The second-order valence-electron chi connectivity index (χ2n) is 5.25. The number of rotatable bonds is 6. The number of carbonyl (C=O) groups is 1. The number of hydrogen-bond acceptors (Lipinski definition) is 7. The number of ether oxygens (including phenoxy) is 1. The molecule has 146 valence electrons. The molecular weight excluding hydrogens is 391 g/mol. The fraction of sp³-hybridized carbons (Fsp3) is 0.357. The number of alkyl halides is 3. The first-order valence-electron chi connectivity index (χ1n) is 7.31. The molecule has 0 aliphatic heterocycles. The lowest BCUT2D eigenvalue weighted by atomic mass is 10.2. The topological polar surface area (TPSA) is 112 Å². The average Bonchev–Trinajstić information content (AvgIpc) is 2.95. The van der Waals surface area contributed by atoms with E-state index in [9.17, 15) is 28.1 Å². The maximum absolute atomic E-state index is 12.7. The Morgan fingerprint density at radius 1 is 1.41 bits per heavy atom. The number of benzene rings is 1. The van der Waals surface area contributed by atoms with Crippen molar-refractivity contribution in [3.63, 3.8) is 0 Å². The maximum atomic E-state index is 12.7. The molecular formula is C14H14F3N5O4S. The van der Waals surface area contributed by atoms with E-state index in [0.717, 1.165) is 29.4 Å². The van der Waals surface area contributed by atoms with Crippen molar-refractivity contribution in [2.45, 2.75) is 23.5 Å². The predicted molar refractivity (Wildman–Crippen MR) is 89.6 cm³/mol. The number of methoxy groups -OCH3 is 1. The minimum absolute atomic E-state index is 0.0766. The number of aromatic nitrogens is 3. The van der Waals surface area contributed by atoms with E-state index in [4.69, 9.17) is 4.74 Å². The van der Waals surface area contributed by atoms with E-state index in [2.05, 4.69) is 15.5 Å². The molecule has 0 saturated heterocycles. The SMILES string of the molecule is COc1cc([N+](=O)[O-])ccc1NC(=O)[C@@H](C)Sc1nnc(C(F)(F)F)n1C. The molecule has 0 bridgehead atoms. The van der Waals surface area contributed by atoms with E-state index >= 15 is 0 Å². The molecule has 0 aliphatic carbocycles. The molecule has 27 heavy (non-hydrogen) atoms. The second-order valence-corrected chi connectivity index (χ2v) is 6.56. The van der Waals surface area contributed by atoms with Gasteiger partial charge in [-0.25, -0.2) is 0 Å². The number of anilines is 1. The highest BCUT2D eigenvalue weighted by Gasteiger charge is 2.38. The molecule has 0 unspecified atom stereocenters. The zero-order valence-electron chi connectivity index (χ0n) is 14.3. The number of halogens is 3. The van der Waals surface area contributed by atoms with E-state index in [1.54, 1.807) is 0 Å². The number of hydrogen-bond donors (Lipinski definition) is 1. The third-order valence-corrected chi connectivity index (χ3v) is 4.53. The summed E-state index contributed by atoms with van der Waals surface area (Å²) in [5.41, 5.74) is -0.0273. The highest BCUT2D eigenvalue weighted by molar-refractivity contribution is 8.00. The first-order valence-corrected chi connectivity index (χ1v) is 8.19. The molecule has 0 spiro atoms. The number of amides is 1. The Morgan fingerprint density at radius 3 is 2.59 bits per heavy atom. The van der Waals surface area contributed by atoms with Crippen molar-refractivity contribution >= 4 is 29.0 Å². The second kappa shape index (κ2) is 7.82. The average molecular weight is 405 g/mol. The Morgan fingerprint density at radius 2 is 2.07 bits per heavy atom. The fourth-order valence-electron chi connectivity index (χ4n) is 2.01. The number of nitrogens with one attached hydrogen (secondary N) is 1. The summed E-state index contributed by atoms with van der Waals surface area (Å²) in [5, 5.41) is 18.9. The summed E-state index contributed by atoms with van der Waals surface area (Å²) in [6.45, 7) is 1.47. The van der Waals surface area contributed by atoms with Gasteiger partial charge in [0.05, 0.1) is 29.0 Å². The lowest BCUT2D eigenvalue weighted by molar-refractivity contribution is -0.384. The number of carbonyl (C=O) groups excluding carboxylic acids is 1. The van der Waals surface area contributed by atoms with Crippen LogP contribution in [0, 0.1) is 10.1 Å². The van der Waals surface area contributed by atoms with E-state index < -0.39 is 28.1 Å². The van der Waals surface area contributed by atoms with Crippen molar-refractivity contribution < 1.29 is 27.6 Å². The van der Waals surface area contributed by atoms with Crippen LogP contribution in [0.15, 0.2) is 23.4 Å². The summed E-state index contributed by atoms with van der Waals surface area (Å²) >= 11 is 0.784. The van der Waals surface area contributed by atoms with Crippen LogP contribution in [-0.4, -0.2) is 38.0 Å². The summed E-state index contributed by atoms with van der Waals surface area (Å²) in [4.78, 5) is 22.5. The zero-order chi connectivity index (χ0) is 20.4. The zero-order valence-corrected chi connectivity index (χ0v) is 15.1. The molecule has 0 aliphatic rings. The summed E-state index contributed by atoms with van der Waals surface area (Å²) in [6.07, 6.45) is -4.65. The van der Waals surface area contributed by atoms with Gasteiger partial charge in [0, 0.05) is 13.1 Å². The van der Waals surface area contributed by atoms with Gasteiger partial charge in [-0.2, -0.15) is 13.2 Å². The molecule has 1 atom stereocenters. The number of non-ortho nitro benzene ring substituents is 1. The predicted octanol–water partition coefficient (Wildman–Crippen LogP) is 2.87. The highest BCUT2D eigenvalue weighted by atomic mass is 32.2. The van der Waals surface area contributed by atoms with Gasteiger partial charge in [-0.1, -0.05) is 11.8 Å². The Labute approximate surface area is 155 Å². The van der Waals surface area contributed by atoms with Crippen molar-refractivity contribution in [3.05, 3.63) is 34.1 Å².